The van der Waals surface area contributed by atoms with Gasteiger partial charge in [0, 0.05) is 17.7 Å². The van der Waals surface area contributed by atoms with Crippen LogP contribution in [0.3, 0.4) is 0 Å². The van der Waals surface area contributed by atoms with E-state index in [1.54, 1.807) is 32.2 Å². The van der Waals surface area contributed by atoms with Crippen LogP contribution in [0.5, 0.6) is 0 Å². The Morgan fingerprint density at radius 2 is 2.06 bits per heavy atom. The molecule has 1 amide bonds. The number of para-hydroxylation sites is 1. The predicted octanol–water partition coefficient (Wildman–Crippen LogP) is 1.20. The van der Waals surface area contributed by atoms with Crippen molar-refractivity contribution in [3.05, 3.63) is 39.9 Å². The first-order chi connectivity index (χ1) is 7.47. The molecule has 1 atom stereocenters. The maximum Gasteiger partial charge on any atom is 0.243 e. The summed E-state index contributed by atoms with van der Waals surface area (Å²) in [5.41, 5.74) is 0.463. The Labute approximate surface area is 92.8 Å². The second kappa shape index (κ2) is 3.30. The molecule has 0 fully saturated rings. The quantitative estimate of drug-likeness (QED) is 0.555. The summed E-state index contributed by atoms with van der Waals surface area (Å²) < 4.78 is 0. The van der Waals surface area contributed by atoms with Crippen molar-refractivity contribution in [3.8, 4) is 0 Å². The van der Waals surface area contributed by atoms with Crippen LogP contribution in [0, 0.1) is 10.1 Å². The average molecular weight is 220 g/mol. The Morgan fingerprint density at radius 1 is 1.44 bits per heavy atom. The number of hydrogen-bond donors (Lipinski definition) is 0. The number of hydrogen-bond acceptors (Lipinski definition) is 3. The third-order valence-electron chi connectivity index (χ3n) is 3.08. The minimum Gasteiger partial charge on any atom is -0.314 e. The summed E-state index contributed by atoms with van der Waals surface area (Å²) in [6, 6.07) is 7.20. The van der Waals surface area contributed by atoms with Crippen LogP contribution in [0.4, 0.5) is 5.69 Å². The Balaban J connectivity index is 2.56. The van der Waals surface area contributed by atoms with Gasteiger partial charge in [-0.2, -0.15) is 0 Å². The zero-order chi connectivity index (χ0) is 11.9. The summed E-state index contributed by atoms with van der Waals surface area (Å²) in [5, 5.41) is 10.7. The molecule has 0 radical (unpaired) electrons. The molecule has 0 aliphatic carbocycles. The molecular weight excluding hydrogens is 208 g/mol. The molecule has 1 aliphatic rings. The molecule has 1 aliphatic heterocycles. The van der Waals surface area contributed by atoms with Crippen LogP contribution < -0.4 is 4.90 Å². The first kappa shape index (κ1) is 10.6. The fraction of sp³-hybridized carbons (Fsp3) is 0.364. The van der Waals surface area contributed by atoms with Crippen LogP contribution in [0.15, 0.2) is 24.3 Å². The van der Waals surface area contributed by atoms with Gasteiger partial charge in [-0.1, -0.05) is 18.2 Å². The molecule has 16 heavy (non-hydrogen) atoms. The van der Waals surface area contributed by atoms with Gasteiger partial charge >= 0.3 is 0 Å². The SMILES string of the molecule is CN1C(=O)[C@](C)(C[N+](=O)[O-])c2ccccc21. The van der Waals surface area contributed by atoms with E-state index in [1.165, 1.54) is 4.90 Å². The summed E-state index contributed by atoms with van der Waals surface area (Å²) in [6.07, 6.45) is 0. The maximum absolute atomic E-state index is 12.0. The van der Waals surface area contributed by atoms with Crippen molar-refractivity contribution < 1.29 is 9.72 Å². The normalized spacial score (nSPS) is 23.4. The van der Waals surface area contributed by atoms with E-state index in [0.717, 1.165) is 11.3 Å². The zero-order valence-corrected chi connectivity index (χ0v) is 9.14. The summed E-state index contributed by atoms with van der Waals surface area (Å²) in [6.45, 7) is 1.26. The number of fused-ring (bicyclic) bond motifs is 1. The molecule has 0 aromatic heterocycles. The predicted molar refractivity (Wildman–Crippen MR) is 59.1 cm³/mol. The molecule has 0 N–H and O–H groups in total. The summed E-state index contributed by atoms with van der Waals surface area (Å²) in [5.74, 6) is -0.217. The minimum atomic E-state index is -1.03. The van der Waals surface area contributed by atoms with Crippen molar-refractivity contribution in [2.24, 2.45) is 0 Å². The van der Waals surface area contributed by atoms with Crippen LogP contribution in [0.1, 0.15) is 12.5 Å². The molecule has 5 nitrogen and oxygen atoms in total. The standard InChI is InChI=1S/C11H12N2O3/c1-11(7-13(15)16)8-5-3-4-6-9(8)12(2)10(11)14/h3-6H,7H2,1-2H3/t11-/m1/s1. The number of nitrogens with zero attached hydrogens (tertiary/aromatic N) is 2. The van der Waals surface area contributed by atoms with Gasteiger partial charge in [0.1, 0.15) is 5.41 Å². The monoisotopic (exact) mass is 220 g/mol. The van der Waals surface area contributed by atoms with Gasteiger partial charge in [-0.25, -0.2) is 0 Å². The molecule has 1 heterocycles. The number of amides is 1. The Hall–Kier alpha value is -1.91. The van der Waals surface area contributed by atoms with Crippen LogP contribution in [0.25, 0.3) is 0 Å². The molecule has 0 saturated carbocycles. The molecule has 0 spiro atoms. The third-order valence-corrected chi connectivity index (χ3v) is 3.08. The summed E-state index contributed by atoms with van der Waals surface area (Å²) in [7, 11) is 1.65. The fourth-order valence-electron chi connectivity index (χ4n) is 2.24. The van der Waals surface area contributed by atoms with Gasteiger partial charge in [-0.05, 0) is 18.6 Å². The Morgan fingerprint density at radius 3 is 2.69 bits per heavy atom. The molecule has 0 saturated heterocycles. The van der Waals surface area contributed by atoms with Crippen molar-refractivity contribution in [1.29, 1.82) is 0 Å². The lowest BCUT2D eigenvalue weighted by molar-refractivity contribution is -0.487. The fourth-order valence-corrected chi connectivity index (χ4v) is 2.24. The first-order valence-corrected chi connectivity index (χ1v) is 4.96. The number of anilines is 1. The van der Waals surface area contributed by atoms with E-state index in [9.17, 15) is 14.9 Å². The van der Waals surface area contributed by atoms with Gasteiger partial charge in [-0.15, -0.1) is 0 Å². The molecule has 2 rings (SSSR count). The van der Waals surface area contributed by atoms with E-state index in [0.29, 0.717) is 0 Å². The van der Waals surface area contributed by atoms with Crippen LogP contribution >= 0.6 is 0 Å². The van der Waals surface area contributed by atoms with Gasteiger partial charge in [0.2, 0.25) is 12.5 Å². The lowest BCUT2D eigenvalue weighted by atomic mass is 9.84. The molecule has 0 bridgehead atoms. The molecule has 5 heteroatoms. The van der Waals surface area contributed by atoms with Crippen LogP contribution in [-0.2, 0) is 10.2 Å². The Bertz CT molecular complexity index is 472. The number of benzene rings is 1. The Kier molecular flexibility index (Phi) is 2.18. The van der Waals surface area contributed by atoms with Crippen molar-refractivity contribution in [1.82, 2.24) is 0 Å². The third kappa shape index (κ3) is 1.28. The number of rotatable bonds is 2. The van der Waals surface area contributed by atoms with Crippen molar-refractivity contribution >= 4 is 11.6 Å². The molecule has 1 aromatic rings. The highest BCUT2D eigenvalue weighted by atomic mass is 16.6. The van der Waals surface area contributed by atoms with E-state index >= 15 is 0 Å². The topological polar surface area (TPSA) is 63.5 Å². The van der Waals surface area contributed by atoms with E-state index in [1.807, 2.05) is 6.07 Å². The minimum absolute atomic E-state index is 0.217. The van der Waals surface area contributed by atoms with Crippen molar-refractivity contribution in [3.63, 3.8) is 0 Å². The number of nitro groups is 1. The van der Waals surface area contributed by atoms with Crippen LogP contribution in [-0.4, -0.2) is 24.4 Å². The zero-order valence-electron chi connectivity index (χ0n) is 9.14. The van der Waals surface area contributed by atoms with Gasteiger partial charge in [0.15, 0.2) is 0 Å². The highest BCUT2D eigenvalue weighted by Gasteiger charge is 2.49. The van der Waals surface area contributed by atoms with E-state index in [-0.39, 0.29) is 12.5 Å². The van der Waals surface area contributed by atoms with Gasteiger partial charge in [0.25, 0.3) is 0 Å². The number of carbonyl (C=O) groups excluding carboxylic acids is 1. The molecule has 1 aromatic carbocycles. The van der Waals surface area contributed by atoms with Gasteiger partial charge < -0.3 is 4.90 Å². The van der Waals surface area contributed by atoms with Gasteiger partial charge in [0.05, 0.1) is 0 Å². The molecule has 0 unspecified atom stereocenters. The lowest BCUT2D eigenvalue weighted by Gasteiger charge is -2.17. The first-order valence-electron chi connectivity index (χ1n) is 4.96. The number of likely N-dealkylation sites (N-methyl/N-ethyl adjacent to an activating group) is 1. The summed E-state index contributed by atoms with van der Waals surface area (Å²) >= 11 is 0. The molecular formula is C11H12N2O3. The highest BCUT2D eigenvalue weighted by Crippen LogP contribution is 2.40. The lowest BCUT2D eigenvalue weighted by Crippen LogP contribution is -2.41. The molecule has 84 valence electrons. The van der Waals surface area contributed by atoms with Crippen molar-refractivity contribution in [2.45, 2.75) is 12.3 Å². The van der Waals surface area contributed by atoms with Crippen LogP contribution in [0.2, 0.25) is 0 Å². The maximum atomic E-state index is 12.0. The second-order valence-electron chi connectivity index (χ2n) is 4.20. The van der Waals surface area contributed by atoms with Gasteiger partial charge in [-0.3, -0.25) is 14.9 Å². The van der Waals surface area contributed by atoms with E-state index < -0.39 is 10.3 Å². The van der Waals surface area contributed by atoms with E-state index in [2.05, 4.69) is 0 Å². The van der Waals surface area contributed by atoms with E-state index in [4.69, 9.17) is 0 Å². The number of carbonyl (C=O) groups is 1. The smallest absolute Gasteiger partial charge is 0.243 e. The second-order valence-corrected chi connectivity index (χ2v) is 4.20. The largest absolute Gasteiger partial charge is 0.314 e. The highest BCUT2D eigenvalue weighted by molar-refractivity contribution is 6.07. The van der Waals surface area contributed by atoms with Crippen molar-refractivity contribution in [2.75, 3.05) is 18.5 Å². The average Bonchev–Trinajstić information content (AvgIpc) is 2.42. The summed E-state index contributed by atoms with van der Waals surface area (Å²) in [4.78, 5) is 23.7.